The SMILES string of the molecule is CC(C)CNC(=O)/C=C/C=C/CC/C=C\[C@H](O)[C@H](C)O. The maximum Gasteiger partial charge on any atom is 0.243 e. The number of hydrogen-bond donors (Lipinski definition) is 3. The van der Waals surface area contributed by atoms with E-state index in [0.717, 1.165) is 12.8 Å². The molecule has 0 fully saturated rings. The molecular formula is C16H27NO3. The second-order valence-electron chi connectivity index (χ2n) is 5.16. The molecule has 0 heterocycles. The standard InChI is InChI=1S/C16H27NO3/c1-13(2)12-17-16(20)11-9-7-5-4-6-8-10-15(19)14(3)18/h5,7-11,13-15,18-19H,4,6,12H2,1-3H3,(H,17,20)/b7-5+,10-8-,11-9+/t14-,15-/m0/s1. The summed E-state index contributed by atoms with van der Waals surface area (Å²) in [5.41, 5.74) is 0. The van der Waals surface area contributed by atoms with Crippen molar-refractivity contribution >= 4 is 5.91 Å². The Bertz CT molecular complexity index is 344. The van der Waals surface area contributed by atoms with Gasteiger partial charge in [0.2, 0.25) is 5.91 Å². The van der Waals surface area contributed by atoms with Gasteiger partial charge in [0.05, 0.1) is 12.2 Å². The monoisotopic (exact) mass is 281 g/mol. The van der Waals surface area contributed by atoms with Crippen molar-refractivity contribution in [3.63, 3.8) is 0 Å². The fraction of sp³-hybridized carbons (Fsp3) is 0.562. The molecule has 0 aromatic carbocycles. The molecule has 0 aliphatic rings. The molecule has 0 aliphatic carbocycles. The van der Waals surface area contributed by atoms with Gasteiger partial charge >= 0.3 is 0 Å². The van der Waals surface area contributed by atoms with Crippen LogP contribution in [0.1, 0.15) is 33.6 Å². The second-order valence-corrected chi connectivity index (χ2v) is 5.16. The predicted molar refractivity (Wildman–Crippen MR) is 82.2 cm³/mol. The Hall–Kier alpha value is -1.39. The van der Waals surface area contributed by atoms with Crippen molar-refractivity contribution in [2.75, 3.05) is 6.54 Å². The van der Waals surface area contributed by atoms with Gasteiger partial charge in [0.1, 0.15) is 0 Å². The summed E-state index contributed by atoms with van der Waals surface area (Å²) in [5, 5.41) is 21.2. The Morgan fingerprint density at radius 2 is 1.75 bits per heavy atom. The molecule has 0 aliphatic heterocycles. The number of aliphatic hydroxyl groups is 2. The topological polar surface area (TPSA) is 69.6 Å². The number of carbonyl (C=O) groups is 1. The van der Waals surface area contributed by atoms with E-state index in [9.17, 15) is 9.90 Å². The summed E-state index contributed by atoms with van der Waals surface area (Å²) in [7, 11) is 0. The molecule has 0 radical (unpaired) electrons. The molecule has 20 heavy (non-hydrogen) atoms. The number of nitrogens with one attached hydrogen (secondary N) is 1. The number of aliphatic hydroxyl groups excluding tert-OH is 2. The lowest BCUT2D eigenvalue weighted by Gasteiger charge is -2.07. The van der Waals surface area contributed by atoms with E-state index < -0.39 is 12.2 Å². The van der Waals surface area contributed by atoms with E-state index in [1.54, 1.807) is 19.1 Å². The number of carbonyl (C=O) groups excluding carboxylic acids is 1. The van der Waals surface area contributed by atoms with Gasteiger partial charge < -0.3 is 15.5 Å². The van der Waals surface area contributed by atoms with Crippen molar-refractivity contribution < 1.29 is 15.0 Å². The lowest BCUT2D eigenvalue weighted by molar-refractivity contribution is -0.116. The van der Waals surface area contributed by atoms with Crippen LogP contribution in [0.5, 0.6) is 0 Å². The number of hydrogen-bond acceptors (Lipinski definition) is 3. The van der Waals surface area contributed by atoms with Crippen LogP contribution in [0.3, 0.4) is 0 Å². The molecule has 0 saturated carbocycles. The first kappa shape index (κ1) is 18.6. The third-order valence-corrected chi connectivity index (χ3v) is 2.51. The highest BCUT2D eigenvalue weighted by molar-refractivity contribution is 5.87. The van der Waals surface area contributed by atoms with E-state index in [1.165, 1.54) is 6.08 Å². The highest BCUT2D eigenvalue weighted by atomic mass is 16.3. The van der Waals surface area contributed by atoms with Gasteiger partial charge in [0.15, 0.2) is 0 Å². The summed E-state index contributed by atoms with van der Waals surface area (Å²) >= 11 is 0. The van der Waals surface area contributed by atoms with Crippen molar-refractivity contribution in [2.24, 2.45) is 5.92 Å². The van der Waals surface area contributed by atoms with E-state index in [-0.39, 0.29) is 5.91 Å². The largest absolute Gasteiger partial charge is 0.390 e. The lowest BCUT2D eigenvalue weighted by atomic mass is 10.2. The maximum atomic E-state index is 11.3. The average molecular weight is 281 g/mol. The molecular weight excluding hydrogens is 254 g/mol. The van der Waals surface area contributed by atoms with Gasteiger partial charge in [-0.3, -0.25) is 4.79 Å². The minimum absolute atomic E-state index is 0.0803. The van der Waals surface area contributed by atoms with Gasteiger partial charge in [-0.1, -0.05) is 44.2 Å². The van der Waals surface area contributed by atoms with Crippen molar-refractivity contribution in [2.45, 2.75) is 45.8 Å². The van der Waals surface area contributed by atoms with Crippen LogP contribution in [-0.2, 0) is 4.79 Å². The fourth-order valence-electron chi connectivity index (χ4n) is 1.27. The summed E-state index contributed by atoms with van der Waals surface area (Å²) in [6, 6.07) is 0. The Morgan fingerprint density at radius 1 is 1.10 bits per heavy atom. The van der Waals surface area contributed by atoms with E-state index in [1.807, 2.05) is 32.1 Å². The number of rotatable bonds is 9. The smallest absolute Gasteiger partial charge is 0.243 e. The fourth-order valence-corrected chi connectivity index (χ4v) is 1.27. The number of allylic oxidation sites excluding steroid dienone is 4. The molecule has 2 atom stereocenters. The molecule has 0 aromatic heterocycles. The van der Waals surface area contributed by atoms with Crippen molar-refractivity contribution in [3.05, 3.63) is 36.5 Å². The van der Waals surface area contributed by atoms with E-state index >= 15 is 0 Å². The number of unbranched alkanes of at least 4 members (excludes halogenated alkanes) is 1. The van der Waals surface area contributed by atoms with Crippen LogP contribution in [0.2, 0.25) is 0 Å². The molecule has 4 nitrogen and oxygen atoms in total. The molecule has 0 unspecified atom stereocenters. The normalized spacial score (nSPS) is 15.5. The molecule has 0 aromatic rings. The summed E-state index contributed by atoms with van der Waals surface area (Å²) in [6.07, 6.45) is 10.5. The molecule has 3 N–H and O–H groups in total. The maximum absolute atomic E-state index is 11.3. The Balaban J connectivity index is 3.73. The predicted octanol–water partition coefficient (Wildman–Crippen LogP) is 1.95. The summed E-state index contributed by atoms with van der Waals surface area (Å²) in [4.78, 5) is 11.3. The third-order valence-electron chi connectivity index (χ3n) is 2.51. The van der Waals surface area contributed by atoms with Gasteiger partial charge in [0, 0.05) is 12.6 Å². The molecule has 0 spiro atoms. The van der Waals surface area contributed by atoms with Crippen LogP contribution in [0.25, 0.3) is 0 Å². The van der Waals surface area contributed by atoms with Gasteiger partial charge in [-0.15, -0.1) is 0 Å². The van der Waals surface area contributed by atoms with Crippen molar-refractivity contribution in [1.82, 2.24) is 5.32 Å². The first-order chi connectivity index (χ1) is 9.43. The first-order valence-electron chi connectivity index (χ1n) is 7.07. The second kappa shape index (κ2) is 11.4. The summed E-state index contributed by atoms with van der Waals surface area (Å²) < 4.78 is 0. The zero-order chi connectivity index (χ0) is 15.4. The zero-order valence-electron chi connectivity index (χ0n) is 12.6. The third kappa shape index (κ3) is 11.7. The lowest BCUT2D eigenvalue weighted by Crippen LogP contribution is -2.25. The van der Waals surface area contributed by atoms with Crippen LogP contribution in [0.4, 0.5) is 0 Å². The molecule has 1 amide bonds. The van der Waals surface area contributed by atoms with Crippen molar-refractivity contribution in [3.8, 4) is 0 Å². The Labute approximate surface area is 121 Å². The van der Waals surface area contributed by atoms with Crippen LogP contribution >= 0.6 is 0 Å². The average Bonchev–Trinajstić information content (AvgIpc) is 2.38. The van der Waals surface area contributed by atoms with E-state index in [2.05, 4.69) is 5.32 Å². The van der Waals surface area contributed by atoms with Gasteiger partial charge in [-0.05, 0) is 25.7 Å². The molecule has 0 rings (SSSR count). The highest BCUT2D eigenvalue weighted by Gasteiger charge is 2.04. The Kier molecular flexibility index (Phi) is 10.6. The van der Waals surface area contributed by atoms with Crippen LogP contribution in [-0.4, -0.2) is 34.9 Å². The van der Waals surface area contributed by atoms with E-state index in [4.69, 9.17) is 5.11 Å². The summed E-state index contributed by atoms with van der Waals surface area (Å²) in [6.45, 7) is 6.32. The van der Waals surface area contributed by atoms with Gasteiger partial charge in [0.25, 0.3) is 0 Å². The van der Waals surface area contributed by atoms with Crippen molar-refractivity contribution in [1.29, 1.82) is 0 Å². The quantitative estimate of drug-likeness (QED) is 0.262. The zero-order valence-corrected chi connectivity index (χ0v) is 12.6. The van der Waals surface area contributed by atoms with Gasteiger partial charge in [-0.25, -0.2) is 0 Å². The van der Waals surface area contributed by atoms with Crippen LogP contribution < -0.4 is 5.32 Å². The molecule has 114 valence electrons. The Morgan fingerprint density at radius 3 is 2.35 bits per heavy atom. The number of amides is 1. The van der Waals surface area contributed by atoms with E-state index in [0.29, 0.717) is 12.5 Å². The summed E-state index contributed by atoms with van der Waals surface area (Å²) in [5.74, 6) is 0.370. The molecule has 4 heteroatoms. The van der Waals surface area contributed by atoms with Gasteiger partial charge in [-0.2, -0.15) is 0 Å². The minimum Gasteiger partial charge on any atom is -0.390 e. The minimum atomic E-state index is -0.802. The van der Waals surface area contributed by atoms with Crippen LogP contribution in [0, 0.1) is 5.92 Å². The van der Waals surface area contributed by atoms with Crippen LogP contribution in [0.15, 0.2) is 36.5 Å². The molecule has 0 bridgehead atoms. The molecule has 0 saturated heterocycles. The first-order valence-corrected chi connectivity index (χ1v) is 7.07. The highest BCUT2D eigenvalue weighted by Crippen LogP contribution is 1.98.